The van der Waals surface area contributed by atoms with E-state index >= 15 is 0 Å². The Balaban J connectivity index is 1.86. The Labute approximate surface area is 148 Å². The molecule has 1 aliphatic heterocycles. The van der Waals surface area contributed by atoms with Gasteiger partial charge < -0.3 is 15.0 Å². The number of amides is 1. The molecule has 3 rings (SSSR count). The van der Waals surface area contributed by atoms with Gasteiger partial charge in [0.05, 0.1) is 24.6 Å². The van der Waals surface area contributed by atoms with E-state index in [4.69, 9.17) is 16.3 Å². The maximum atomic E-state index is 12.5. The monoisotopic (exact) mass is 394 g/mol. The van der Waals surface area contributed by atoms with E-state index in [1.807, 2.05) is 18.2 Å². The van der Waals surface area contributed by atoms with Crippen LogP contribution in [0.5, 0.6) is 0 Å². The summed E-state index contributed by atoms with van der Waals surface area (Å²) in [5.41, 5.74) is 2.29. The fourth-order valence-corrected chi connectivity index (χ4v) is 3.06. The predicted octanol–water partition coefficient (Wildman–Crippen LogP) is 4.19. The van der Waals surface area contributed by atoms with Gasteiger partial charge in [-0.15, -0.1) is 0 Å². The molecule has 2 aromatic rings. The minimum absolute atomic E-state index is 0.180. The Morgan fingerprint density at radius 2 is 1.96 bits per heavy atom. The van der Waals surface area contributed by atoms with E-state index in [9.17, 15) is 4.79 Å². The molecule has 0 aromatic heterocycles. The molecule has 1 saturated heterocycles. The quantitative estimate of drug-likeness (QED) is 0.847. The first kappa shape index (κ1) is 16.3. The van der Waals surface area contributed by atoms with E-state index < -0.39 is 0 Å². The molecule has 0 saturated carbocycles. The normalized spacial score (nSPS) is 14.6. The van der Waals surface area contributed by atoms with Crippen LogP contribution in [-0.2, 0) is 4.74 Å². The first-order chi connectivity index (χ1) is 11.1. The lowest BCUT2D eigenvalue weighted by molar-refractivity contribution is 0.102. The summed E-state index contributed by atoms with van der Waals surface area (Å²) in [6.45, 7) is 3.00. The minimum atomic E-state index is -0.180. The van der Waals surface area contributed by atoms with Crippen molar-refractivity contribution in [3.05, 3.63) is 57.5 Å². The summed E-state index contributed by atoms with van der Waals surface area (Å²) >= 11 is 9.42. The number of ether oxygens (including phenoxy) is 1. The number of benzene rings is 2. The van der Waals surface area contributed by atoms with Gasteiger partial charge in [0.2, 0.25) is 0 Å². The van der Waals surface area contributed by atoms with Crippen molar-refractivity contribution in [2.24, 2.45) is 0 Å². The minimum Gasteiger partial charge on any atom is -0.378 e. The van der Waals surface area contributed by atoms with E-state index in [1.54, 1.807) is 24.3 Å². The molecule has 0 aliphatic carbocycles. The summed E-state index contributed by atoms with van der Waals surface area (Å²) < 4.78 is 6.31. The molecule has 120 valence electrons. The van der Waals surface area contributed by atoms with Crippen molar-refractivity contribution >= 4 is 44.8 Å². The van der Waals surface area contributed by atoms with Crippen molar-refractivity contribution in [1.29, 1.82) is 0 Å². The third-order valence-corrected chi connectivity index (χ3v) is 4.37. The Morgan fingerprint density at radius 3 is 2.70 bits per heavy atom. The maximum absolute atomic E-state index is 12.5. The summed E-state index contributed by atoms with van der Waals surface area (Å²) in [5.74, 6) is -0.180. The third kappa shape index (κ3) is 4.05. The van der Waals surface area contributed by atoms with Crippen LogP contribution in [0.1, 0.15) is 10.4 Å². The van der Waals surface area contributed by atoms with Crippen LogP contribution in [0.15, 0.2) is 46.9 Å². The van der Waals surface area contributed by atoms with Crippen LogP contribution < -0.4 is 10.2 Å². The van der Waals surface area contributed by atoms with Crippen molar-refractivity contribution in [2.45, 2.75) is 0 Å². The van der Waals surface area contributed by atoms with E-state index in [-0.39, 0.29) is 5.91 Å². The number of anilines is 2. The van der Waals surface area contributed by atoms with Gasteiger partial charge in [-0.05, 0) is 36.4 Å². The number of nitrogens with zero attached hydrogens (tertiary/aromatic N) is 1. The van der Waals surface area contributed by atoms with E-state index in [0.717, 1.165) is 28.9 Å². The highest BCUT2D eigenvalue weighted by atomic mass is 79.9. The highest BCUT2D eigenvalue weighted by Gasteiger charge is 2.17. The van der Waals surface area contributed by atoms with Gasteiger partial charge in [0.1, 0.15) is 0 Å². The molecule has 0 bridgehead atoms. The van der Waals surface area contributed by atoms with Crippen LogP contribution in [0, 0.1) is 0 Å². The van der Waals surface area contributed by atoms with Crippen LogP contribution in [0.2, 0.25) is 5.02 Å². The summed E-state index contributed by atoms with van der Waals surface area (Å²) in [6, 6.07) is 12.8. The molecule has 0 spiro atoms. The Kier molecular flexibility index (Phi) is 5.20. The van der Waals surface area contributed by atoms with Crippen LogP contribution in [0.3, 0.4) is 0 Å². The number of hydrogen-bond acceptors (Lipinski definition) is 3. The van der Waals surface area contributed by atoms with Crippen molar-refractivity contribution in [3.63, 3.8) is 0 Å². The van der Waals surface area contributed by atoms with E-state index in [1.165, 1.54) is 0 Å². The summed E-state index contributed by atoms with van der Waals surface area (Å²) in [5, 5.41) is 3.52. The molecule has 6 heteroatoms. The van der Waals surface area contributed by atoms with E-state index in [2.05, 4.69) is 26.1 Å². The van der Waals surface area contributed by atoms with Gasteiger partial charge in [0.15, 0.2) is 0 Å². The molecular formula is C17H16BrClN2O2. The Morgan fingerprint density at radius 1 is 1.17 bits per heavy atom. The average molecular weight is 396 g/mol. The Hall–Kier alpha value is -1.56. The third-order valence-electron chi connectivity index (χ3n) is 3.65. The molecule has 1 fully saturated rings. The highest BCUT2D eigenvalue weighted by molar-refractivity contribution is 9.10. The number of hydrogen-bond donors (Lipinski definition) is 1. The molecule has 4 nitrogen and oxygen atoms in total. The number of carbonyl (C=O) groups excluding carboxylic acids is 1. The second-order valence-corrected chi connectivity index (χ2v) is 6.58. The van der Waals surface area contributed by atoms with Crippen LogP contribution in [0.25, 0.3) is 0 Å². The van der Waals surface area contributed by atoms with E-state index in [0.29, 0.717) is 23.8 Å². The van der Waals surface area contributed by atoms with Gasteiger partial charge in [-0.25, -0.2) is 0 Å². The summed E-state index contributed by atoms with van der Waals surface area (Å²) in [4.78, 5) is 14.7. The first-order valence-electron chi connectivity index (χ1n) is 7.32. The lowest BCUT2D eigenvalue weighted by Gasteiger charge is -2.30. The standard InChI is InChI=1S/C17H16BrClN2O2/c18-13-4-5-16(21-6-8-23-9-7-21)15(11-13)20-17(22)12-2-1-3-14(19)10-12/h1-5,10-11H,6-9H2,(H,20,22). The number of morpholine rings is 1. The zero-order valence-corrected chi connectivity index (χ0v) is 14.7. The van der Waals surface area contributed by atoms with Gasteiger partial charge in [-0.3, -0.25) is 4.79 Å². The fraction of sp³-hybridized carbons (Fsp3) is 0.235. The van der Waals surface area contributed by atoms with Gasteiger partial charge in [-0.2, -0.15) is 0 Å². The molecule has 1 N–H and O–H groups in total. The molecule has 1 amide bonds. The zero-order valence-electron chi connectivity index (χ0n) is 12.4. The molecule has 0 unspecified atom stereocenters. The van der Waals surface area contributed by atoms with Crippen LogP contribution >= 0.6 is 27.5 Å². The molecule has 1 aliphatic rings. The lowest BCUT2D eigenvalue weighted by Crippen LogP contribution is -2.36. The molecular weight excluding hydrogens is 380 g/mol. The van der Waals surface area contributed by atoms with Crippen molar-refractivity contribution in [3.8, 4) is 0 Å². The first-order valence-corrected chi connectivity index (χ1v) is 8.50. The Bertz CT molecular complexity index is 717. The maximum Gasteiger partial charge on any atom is 0.255 e. The smallest absolute Gasteiger partial charge is 0.255 e. The number of rotatable bonds is 3. The van der Waals surface area contributed by atoms with Crippen molar-refractivity contribution < 1.29 is 9.53 Å². The predicted molar refractivity (Wildman–Crippen MR) is 96.6 cm³/mol. The van der Waals surface area contributed by atoms with Crippen LogP contribution in [0.4, 0.5) is 11.4 Å². The number of carbonyl (C=O) groups is 1. The number of halogens is 2. The molecule has 1 heterocycles. The topological polar surface area (TPSA) is 41.6 Å². The summed E-state index contributed by atoms with van der Waals surface area (Å²) in [6.07, 6.45) is 0. The van der Waals surface area contributed by atoms with Gasteiger partial charge in [0, 0.05) is 28.1 Å². The number of nitrogens with one attached hydrogen (secondary N) is 1. The molecule has 0 atom stereocenters. The van der Waals surface area contributed by atoms with Crippen molar-refractivity contribution in [2.75, 3.05) is 36.5 Å². The van der Waals surface area contributed by atoms with Gasteiger partial charge in [-0.1, -0.05) is 33.6 Å². The average Bonchev–Trinajstić information content (AvgIpc) is 2.56. The highest BCUT2D eigenvalue weighted by Crippen LogP contribution is 2.30. The van der Waals surface area contributed by atoms with Gasteiger partial charge in [0.25, 0.3) is 5.91 Å². The summed E-state index contributed by atoms with van der Waals surface area (Å²) in [7, 11) is 0. The van der Waals surface area contributed by atoms with Crippen molar-refractivity contribution in [1.82, 2.24) is 0 Å². The molecule has 23 heavy (non-hydrogen) atoms. The zero-order chi connectivity index (χ0) is 16.2. The molecule has 0 radical (unpaired) electrons. The SMILES string of the molecule is O=C(Nc1cc(Br)ccc1N1CCOCC1)c1cccc(Cl)c1. The molecule has 2 aromatic carbocycles. The second kappa shape index (κ2) is 7.34. The van der Waals surface area contributed by atoms with Gasteiger partial charge >= 0.3 is 0 Å². The largest absolute Gasteiger partial charge is 0.378 e. The second-order valence-electron chi connectivity index (χ2n) is 5.23. The fourth-order valence-electron chi connectivity index (χ4n) is 2.51. The lowest BCUT2D eigenvalue weighted by atomic mass is 10.2. The van der Waals surface area contributed by atoms with Crippen LogP contribution in [-0.4, -0.2) is 32.2 Å².